The molecule has 0 spiro atoms. The summed E-state index contributed by atoms with van der Waals surface area (Å²) in [6.45, 7) is 5.03. The zero-order valence-electron chi connectivity index (χ0n) is 16.1. The van der Waals surface area contributed by atoms with Crippen molar-refractivity contribution in [3.8, 4) is 5.75 Å². The van der Waals surface area contributed by atoms with Crippen molar-refractivity contribution in [2.75, 3.05) is 38.2 Å². The van der Waals surface area contributed by atoms with Crippen LogP contribution in [-0.4, -0.2) is 54.0 Å². The third kappa shape index (κ3) is 4.62. The van der Waals surface area contributed by atoms with Gasteiger partial charge in [-0.3, -0.25) is 0 Å². The van der Waals surface area contributed by atoms with E-state index in [4.69, 9.17) is 14.0 Å². The van der Waals surface area contributed by atoms with Crippen LogP contribution in [0.15, 0.2) is 28.8 Å². The van der Waals surface area contributed by atoms with E-state index in [0.717, 1.165) is 12.5 Å². The normalized spacial score (nSPS) is 16.7. The molecule has 2 heterocycles. The zero-order valence-corrected chi connectivity index (χ0v) is 16.1. The number of likely N-dealkylation sites (tertiary alicyclic amines) is 1. The molecular weight excluding hydrogens is 360 g/mol. The second-order valence-corrected chi connectivity index (χ2v) is 7.28. The third-order valence-electron chi connectivity index (χ3n) is 4.95. The highest BCUT2D eigenvalue weighted by atomic mass is 16.5. The van der Waals surface area contributed by atoms with Gasteiger partial charge in [0.1, 0.15) is 5.75 Å². The molecule has 2 aromatic rings. The Bertz CT molecular complexity index is 799. The summed E-state index contributed by atoms with van der Waals surface area (Å²) in [5, 5.41) is 6.92. The number of urea groups is 1. The van der Waals surface area contributed by atoms with Gasteiger partial charge < -0.3 is 24.2 Å². The maximum Gasteiger partial charge on any atom is 0.321 e. The summed E-state index contributed by atoms with van der Waals surface area (Å²) in [7, 11) is 0. The van der Waals surface area contributed by atoms with Crippen molar-refractivity contribution in [3.63, 3.8) is 0 Å². The molecule has 28 heavy (non-hydrogen) atoms. The lowest BCUT2D eigenvalue weighted by Gasteiger charge is -2.36. The molecule has 1 saturated carbocycles. The Morgan fingerprint density at radius 2 is 2.14 bits per heavy atom. The van der Waals surface area contributed by atoms with E-state index in [1.165, 1.54) is 12.8 Å². The number of ether oxygens (including phenoxy) is 2. The molecule has 0 bridgehead atoms. The second-order valence-electron chi connectivity index (χ2n) is 7.28. The number of carbonyl (C=O) groups excluding carboxylic acids is 1. The first kappa shape index (κ1) is 18.7. The molecule has 0 radical (unpaired) electrons. The van der Waals surface area contributed by atoms with Crippen LogP contribution in [0.4, 0.5) is 10.5 Å². The predicted octanol–water partition coefficient (Wildman–Crippen LogP) is 3.07. The van der Waals surface area contributed by atoms with Crippen LogP contribution in [0.3, 0.4) is 0 Å². The smallest absolute Gasteiger partial charge is 0.321 e. The van der Waals surface area contributed by atoms with Gasteiger partial charge >= 0.3 is 6.03 Å². The number of nitrogens with zero attached hydrogens (tertiary/aromatic N) is 3. The number of para-hydroxylation sites is 2. The molecule has 1 aliphatic carbocycles. The molecule has 2 amide bonds. The fourth-order valence-corrected chi connectivity index (χ4v) is 3.08. The minimum Gasteiger partial charge on any atom is -0.492 e. The van der Waals surface area contributed by atoms with Crippen LogP contribution >= 0.6 is 0 Å². The summed E-state index contributed by atoms with van der Waals surface area (Å²) in [6, 6.07) is 7.26. The standard InChI is InChI=1S/C20H26N4O4/c1-2-27-17-6-4-3-5-16(17)21-20(25)24-11-15(12-24)19-22-18(23-28-19)9-10-26-13-14-7-8-14/h3-6,14-15H,2,7-13H2,1H3,(H,21,25). The van der Waals surface area contributed by atoms with Crippen LogP contribution in [0.2, 0.25) is 0 Å². The number of aromatic nitrogens is 2. The zero-order chi connectivity index (χ0) is 19.3. The Hall–Kier alpha value is -2.61. The highest BCUT2D eigenvalue weighted by molar-refractivity contribution is 5.91. The highest BCUT2D eigenvalue weighted by Crippen LogP contribution is 2.29. The number of amides is 2. The minimum absolute atomic E-state index is 0.0847. The molecular formula is C20H26N4O4. The van der Waals surface area contributed by atoms with Gasteiger partial charge in [-0.15, -0.1) is 0 Å². The molecule has 4 rings (SSSR count). The minimum atomic E-state index is -0.156. The summed E-state index contributed by atoms with van der Waals surface area (Å²) in [5.41, 5.74) is 0.670. The van der Waals surface area contributed by atoms with Gasteiger partial charge in [-0.25, -0.2) is 4.79 Å². The van der Waals surface area contributed by atoms with E-state index in [0.29, 0.717) is 55.9 Å². The number of hydrogen-bond donors (Lipinski definition) is 1. The molecule has 1 aromatic carbocycles. The summed E-state index contributed by atoms with van der Waals surface area (Å²) in [4.78, 5) is 18.6. The number of benzene rings is 1. The summed E-state index contributed by atoms with van der Waals surface area (Å²) in [5.74, 6) is 2.77. The summed E-state index contributed by atoms with van der Waals surface area (Å²) < 4.78 is 16.5. The molecule has 2 fully saturated rings. The Morgan fingerprint density at radius 1 is 1.32 bits per heavy atom. The SMILES string of the molecule is CCOc1ccccc1NC(=O)N1CC(c2nc(CCOCC3CC3)no2)C1. The molecule has 8 heteroatoms. The fraction of sp³-hybridized carbons (Fsp3) is 0.550. The topological polar surface area (TPSA) is 89.7 Å². The molecule has 1 N–H and O–H groups in total. The highest BCUT2D eigenvalue weighted by Gasteiger charge is 2.36. The Labute approximate surface area is 164 Å². The third-order valence-corrected chi connectivity index (χ3v) is 4.95. The van der Waals surface area contributed by atoms with Crippen LogP contribution in [0.5, 0.6) is 5.75 Å². The van der Waals surface area contributed by atoms with Gasteiger partial charge in [-0.1, -0.05) is 17.3 Å². The molecule has 8 nitrogen and oxygen atoms in total. The summed E-state index contributed by atoms with van der Waals surface area (Å²) >= 11 is 0. The number of rotatable bonds is 9. The van der Waals surface area contributed by atoms with Crippen LogP contribution < -0.4 is 10.1 Å². The predicted molar refractivity (Wildman–Crippen MR) is 102 cm³/mol. The van der Waals surface area contributed by atoms with Gasteiger partial charge in [0, 0.05) is 26.1 Å². The number of nitrogens with one attached hydrogen (secondary N) is 1. The molecule has 1 aromatic heterocycles. The lowest BCUT2D eigenvalue weighted by atomic mass is 10.0. The van der Waals surface area contributed by atoms with Crippen LogP contribution in [0, 0.1) is 5.92 Å². The van der Waals surface area contributed by atoms with Crippen molar-refractivity contribution in [1.29, 1.82) is 0 Å². The van der Waals surface area contributed by atoms with Gasteiger partial charge in [0.05, 0.1) is 24.8 Å². The summed E-state index contributed by atoms with van der Waals surface area (Å²) in [6.07, 6.45) is 3.23. The van der Waals surface area contributed by atoms with Gasteiger partial charge in [-0.05, 0) is 37.8 Å². The van der Waals surface area contributed by atoms with Gasteiger partial charge in [0.15, 0.2) is 5.82 Å². The van der Waals surface area contributed by atoms with E-state index in [1.54, 1.807) is 4.90 Å². The fourth-order valence-electron chi connectivity index (χ4n) is 3.08. The largest absolute Gasteiger partial charge is 0.492 e. The molecule has 2 aliphatic rings. The van der Waals surface area contributed by atoms with Gasteiger partial charge in [0.25, 0.3) is 0 Å². The van der Waals surface area contributed by atoms with E-state index in [1.807, 2.05) is 31.2 Å². The van der Waals surface area contributed by atoms with E-state index < -0.39 is 0 Å². The molecule has 1 saturated heterocycles. The van der Waals surface area contributed by atoms with Crippen LogP contribution in [0.1, 0.15) is 37.4 Å². The quantitative estimate of drug-likeness (QED) is 0.666. The van der Waals surface area contributed by atoms with E-state index in [2.05, 4.69) is 15.5 Å². The molecule has 150 valence electrons. The van der Waals surface area contributed by atoms with Crippen molar-refractivity contribution in [3.05, 3.63) is 36.0 Å². The van der Waals surface area contributed by atoms with Crippen molar-refractivity contribution in [1.82, 2.24) is 15.0 Å². The van der Waals surface area contributed by atoms with Crippen molar-refractivity contribution in [2.24, 2.45) is 5.92 Å². The van der Waals surface area contributed by atoms with E-state index in [9.17, 15) is 4.79 Å². The number of anilines is 1. The van der Waals surface area contributed by atoms with Gasteiger partial charge in [-0.2, -0.15) is 4.98 Å². The van der Waals surface area contributed by atoms with Crippen molar-refractivity contribution >= 4 is 11.7 Å². The Morgan fingerprint density at radius 3 is 2.93 bits per heavy atom. The maximum absolute atomic E-state index is 12.4. The van der Waals surface area contributed by atoms with E-state index >= 15 is 0 Å². The first-order valence-electron chi connectivity index (χ1n) is 9.91. The lowest BCUT2D eigenvalue weighted by Crippen LogP contribution is -2.50. The van der Waals surface area contributed by atoms with Crippen LogP contribution in [0.25, 0.3) is 0 Å². The van der Waals surface area contributed by atoms with Crippen molar-refractivity contribution in [2.45, 2.75) is 32.1 Å². The lowest BCUT2D eigenvalue weighted by molar-refractivity contribution is 0.125. The van der Waals surface area contributed by atoms with Gasteiger partial charge in [0.2, 0.25) is 5.89 Å². The van der Waals surface area contributed by atoms with Crippen LogP contribution in [-0.2, 0) is 11.2 Å². The average Bonchev–Trinajstić information content (AvgIpc) is 3.37. The Kier molecular flexibility index (Phi) is 5.76. The molecule has 0 unspecified atom stereocenters. The average molecular weight is 386 g/mol. The first-order valence-corrected chi connectivity index (χ1v) is 9.91. The monoisotopic (exact) mass is 386 g/mol. The number of carbonyl (C=O) groups is 1. The molecule has 1 aliphatic heterocycles. The Balaban J connectivity index is 1.22. The second kappa shape index (κ2) is 8.60. The maximum atomic E-state index is 12.4. The first-order chi connectivity index (χ1) is 13.7. The van der Waals surface area contributed by atoms with Crippen molar-refractivity contribution < 1.29 is 18.8 Å². The van der Waals surface area contributed by atoms with E-state index in [-0.39, 0.29) is 11.9 Å². The number of hydrogen-bond acceptors (Lipinski definition) is 6. The molecule has 0 atom stereocenters.